The fourth-order valence-electron chi connectivity index (χ4n) is 2.19. The summed E-state index contributed by atoms with van der Waals surface area (Å²) < 4.78 is 28.1. The third kappa shape index (κ3) is 3.22. The summed E-state index contributed by atoms with van der Waals surface area (Å²) in [5.74, 6) is 0.447. The zero-order valence-electron chi connectivity index (χ0n) is 13.0. The molecule has 1 atom stereocenters. The number of furan rings is 1. The van der Waals surface area contributed by atoms with Crippen LogP contribution in [0, 0.1) is 6.92 Å². The van der Waals surface area contributed by atoms with Crippen LogP contribution in [0.3, 0.4) is 0 Å². The van der Waals surface area contributed by atoms with Gasteiger partial charge in [-0.05, 0) is 37.6 Å². The smallest absolute Gasteiger partial charge is 0.257 e. The van der Waals surface area contributed by atoms with Gasteiger partial charge in [0.15, 0.2) is 9.84 Å². The van der Waals surface area contributed by atoms with Gasteiger partial charge in [-0.15, -0.1) is 0 Å². The third-order valence-corrected chi connectivity index (χ3v) is 4.91. The summed E-state index contributed by atoms with van der Waals surface area (Å²) in [5, 5.41) is 0. The lowest BCUT2D eigenvalue weighted by atomic mass is 10.1. The number of hydrogen-bond donors (Lipinski definition) is 0. The quantitative estimate of drug-likeness (QED) is 0.868. The van der Waals surface area contributed by atoms with Crippen molar-refractivity contribution >= 4 is 15.7 Å². The topological polar surface area (TPSA) is 67.6 Å². The van der Waals surface area contributed by atoms with E-state index in [2.05, 4.69) is 0 Å². The number of sulfone groups is 1. The third-order valence-electron chi connectivity index (χ3n) is 3.78. The molecule has 22 heavy (non-hydrogen) atoms. The summed E-state index contributed by atoms with van der Waals surface area (Å²) in [7, 11) is -1.50. The van der Waals surface area contributed by atoms with Gasteiger partial charge in [0.05, 0.1) is 22.8 Å². The second kappa shape index (κ2) is 5.96. The van der Waals surface area contributed by atoms with Crippen LogP contribution >= 0.6 is 0 Å². The first kappa shape index (κ1) is 16.3. The van der Waals surface area contributed by atoms with Crippen LogP contribution < -0.4 is 0 Å². The zero-order valence-corrected chi connectivity index (χ0v) is 13.8. The van der Waals surface area contributed by atoms with Crippen molar-refractivity contribution in [2.45, 2.75) is 24.8 Å². The summed E-state index contributed by atoms with van der Waals surface area (Å²) in [4.78, 5) is 14.3. The second-order valence-electron chi connectivity index (χ2n) is 5.32. The van der Waals surface area contributed by atoms with Gasteiger partial charge in [0.1, 0.15) is 5.76 Å². The molecule has 0 aliphatic heterocycles. The van der Waals surface area contributed by atoms with Crippen LogP contribution in [0.1, 0.15) is 34.6 Å². The number of carbonyl (C=O) groups is 1. The highest BCUT2D eigenvalue weighted by molar-refractivity contribution is 7.90. The average Bonchev–Trinajstić information content (AvgIpc) is 2.90. The first-order valence-corrected chi connectivity index (χ1v) is 8.72. The van der Waals surface area contributed by atoms with Gasteiger partial charge in [0.25, 0.3) is 5.91 Å². The lowest BCUT2D eigenvalue weighted by Crippen LogP contribution is -2.29. The molecular formula is C16H19NO4S. The molecule has 1 aromatic carbocycles. The summed E-state index contributed by atoms with van der Waals surface area (Å²) >= 11 is 0. The van der Waals surface area contributed by atoms with Crippen LogP contribution in [0.4, 0.5) is 0 Å². The molecule has 1 aromatic heterocycles. The maximum Gasteiger partial charge on any atom is 0.257 e. The van der Waals surface area contributed by atoms with E-state index >= 15 is 0 Å². The number of benzene rings is 1. The molecule has 1 heterocycles. The fourth-order valence-corrected chi connectivity index (χ4v) is 2.82. The van der Waals surface area contributed by atoms with E-state index in [0.29, 0.717) is 11.3 Å². The van der Waals surface area contributed by atoms with Crippen LogP contribution in [0.2, 0.25) is 0 Å². The molecule has 1 amide bonds. The average molecular weight is 321 g/mol. The normalized spacial score (nSPS) is 12.9. The lowest BCUT2D eigenvalue weighted by Gasteiger charge is -2.25. The van der Waals surface area contributed by atoms with Gasteiger partial charge >= 0.3 is 0 Å². The molecule has 0 N–H and O–H groups in total. The molecule has 0 aliphatic carbocycles. The van der Waals surface area contributed by atoms with Gasteiger partial charge in [-0.25, -0.2) is 8.42 Å². The Morgan fingerprint density at radius 2 is 1.77 bits per heavy atom. The molecule has 0 spiro atoms. The van der Waals surface area contributed by atoms with Crippen molar-refractivity contribution in [3.63, 3.8) is 0 Å². The van der Waals surface area contributed by atoms with E-state index in [1.54, 1.807) is 49.2 Å². The summed E-state index contributed by atoms with van der Waals surface area (Å²) in [6.07, 6.45) is 2.66. The van der Waals surface area contributed by atoms with E-state index in [1.807, 2.05) is 6.92 Å². The highest BCUT2D eigenvalue weighted by atomic mass is 32.2. The first-order valence-electron chi connectivity index (χ1n) is 6.83. The van der Waals surface area contributed by atoms with Crippen molar-refractivity contribution in [2.24, 2.45) is 0 Å². The maximum absolute atomic E-state index is 12.4. The molecule has 0 radical (unpaired) electrons. The van der Waals surface area contributed by atoms with Gasteiger partial charge in [0.2, 0.25) is 0 Å². The highest BCUT2D eigenvalue weighted by Gasteiger charge is 2.21. The van der Waals surface area contributed by atoms with Gasteiger partial charge in [-0.3, -0.25) is 4.79 Å². The van der Waals surface area contributed by atoms with Crippen LogP contribution in [-0.4, -0.2) is 32.5 Å². The van der Waals surface area contributed by atoms with E-state index in [0.717, 1.165) is 5.56 Å². The SMILES string of the molecule is Cc1occc1C(=O)N(C)[C@H](C)c1ccc(S(C)(=O)=O)cc1. The molecule has 0 fully saturated rings. The molecule has 5 nitrogen and oxygen atoms in total. The Labute approximate surface area is 130 Å². The van der Waals surface area contributed by atoms with Crippen molar-refractivity contribution < 1.29 is 17.6 Å². The molecule has 0 bridgehead atoms. The maximum atomic E-state index is 12.4. The Hall–Kier alpha value is -2.08. The minimum Gasteiger partial charge on any atom is -0.469 e. The number of rotatable bonds is 4. The molecule has 2 rings (SSSR count). The lowest BCUT2D eigenvalue weighted by molar-refractivity contribution is 0.0741. The molecule has 0 saturated carbocycles. The Bertz CT molecular complexity index is 775. The molecule has 0 unspecified atom stereocenters. The van der Waals surface area contributed by atoms with Crippen LogP contribution in [0.5, 0.6) is 0 Å². The number of carbonyl (C=O) groups excluding carboxylic acids is 1. The molecular weight excluding hydrogens is 302 g/mol. The standard InChI is InChI=1S/C16H19NO4S/c1-11(13-5-7-14(8-6-13)22(4,19)20)17(3)16(18)15-9-10-21-12(15)2/h5-11H,1-4H3/t11-/m1/s1. The van der Waals surface area contributed by atoms with Gasteiger partial charge in [-0.2, -0.15) is 0 Å². The van der Waals surface area contributed by atoms with Crippen molar-refractivity contribution in [3.05, 3.63) is 53.5 Å². The first-order chi connectivity index (χ1) is 10.2. The van der Waals surface area contributed by atoms with Gasteiger partial charge in [-0.1, -0.05) is 12.1 Å². The second-order valence-corrected chi connectivity index (χ2v) is 7.34. The van der Waals surface area contributed by atoms with E-state index in [9.17, 15) is 13.2 Å². The van der Waals surface area contributed by atoms with Crippen molar-refractivity contribution in [1.29, 1.82) is 0 Å². The molecule has 2 aromatic rings. The van der Waals surface area contributed by atoms with Crippen molar-refractivity contribution in [1.82, 2.24) is 4.90 Å². The Morgan fingerprint density at radius 3 is 2.23 bits per heavy atom. The Morgan fingerprint density at radius 1 is 1.18 bits per heavy atom. The number of amides is 1. The molecule has 6 heteroatoms. The predicted octanol–water partition coefficient (Wildman–Crippen LogP) is 2.82. The van der Waals surface area contributed by atoms with Crippen molar-refractivity contribution in [2.75, 3.05) is 13.3 Å². The zero-order chi connectivity index (χ0) is 16.5. The highest BCUT2D eigenvalue weighted by Crippen LogP contribution is 2.23. The van der Waals surface area contributed by atoms with E-state index in [-0.39, 0.29) is 16.8 Å². The number of nitrogens with zero attached hydrogens (tertiary/aromatic N) is 1. The van der Waals surface area contributed by atoms with Crippen LogP contribution in [0.25, 0.3) is 0 Å². The van der Waals surface area contributed by atoms with Crippen LogP contribution in [-0.2, 0) is 9.84 Å². The summed E-state index contributed by atoms with van der Waals surface area (Å²) in [6.45, 7) is 3.63. The molecule has 0 saturated heterocycles. The summed E-state index contributed by atoms with van der Waals surface area (Å²) in [5.41, 5.74) is 1.39. The van der Waals surface area contributed by atoms with Crippen LogP contribution in [0.15, 0.2) is 45.9 Å². The van der Waals surface area contributed by atoms with E-state index < -0.39 is 9.84 Å². The molecule has 0 aliphatic rings. The molecule has 118 valence electrons. The monoisotopic (exact) mass is 321 g/mol. The van der Waals surface area contributed by atoms with Crippen molar-refractivity contribution in [3.8, 4) is 0 Å². The van der Waals surface area contributed by atoms with Gasteiger partial charge < -0.3 is 9.32 Å². The predicted molar refractivity (Wildman–Crippen MR) is 83.5 cm³/mol. The number of aryl methyl sites for hydroxylation is 1. The minimum atomic E-state index is -3.22. The van der Waals surface area contributed by atoms with E-state index in [4.69, 9.17) is 4.42 Å². The van der Waals surface area contributed by atoms with Gasteiger partial charge in [0, 0.05) is 13.3 Å². The minimum absolute atomic E-state index is 0.133. The summed E-state index contributed by atoms with van der Waals surface area (Å²) in [6, 6.07) is 8.04. The Balaban J connectivity index is 2.22. The number of hydrogen-bond acceptors (Lipinski definition) is 4. The Kier molecular flexibility index (Phi) is 4.42. The fraction of sp³-hybridized carbons (Fsp3) is 0.312. The van der Waals surface area contributed by atoms with E-state index in [1.165, 1.54) is 12.5 Å². The largest absolute Gasteiger partial charge is 0.469 e.